The summed E-state index contributed by atoms with van der Waals surface area (Å²) >= 11 is 0. The van der Waals surface area contributed by atoms with Gasteiger partial charge in [0.05, 0.1) is 24.8 Å². The number of hydrogen-bond acceptors (Lipinski definition) is 8. The summed E-state index contributed by atoms with van der Waals surface area (Å²) in [5.41, 5.74) is 8.81. The molecule has 0 saturated carbocycles. The lowest BCUT2D eigenvalue weighted by atomic mass is 10.00. The van der Waals surface area contributed by atoms with Gasteiger partial charge in [0.2, 0.25) is 0 Å². The molecule has 2 aromatic heterocycles. The zero-order valence-electron chi connectivity index (χ0n) is 16.2. The number of carbonyl (C=O) groups excluding carboxylic acids is 1. The van der Waals surface area contributed by atoms with Crippen LogP contribution in [0.3, 0.4) is 0 Å². The number of H-pyrrole nitrogens is 2. The lowest BCUT2D eigenvalue weighted by molar-refractivity contribution is 0.0601. The minimum absolute atomic E-state index is 0.128. The lowest BCUT2D eigenvalue weighted by Gasteiger charge is -2.13. The molecule has 0 aliphatic rings. The molecule has 2 aromatic carbocycles. The largest absolute Gasteiger partial charge is 0.493 e. The average Bonchev–Trinajstić information content (AvgIpc) is 3.22. The van der Waals surface area contributed by atoms with Gasteiger partial charge in [-0.1, -0.05) is 11.3 Å². The number of fused-ring (bicyclic) bond motifs is 1. The minimum Gasteiger partial charge on any atom is -0.493 e. The van der Waals surface area contributed by atoms with Gasteiger partial charge in [0.15, 0.2) is 11.2 Å². The van der Waals surface area contributed by atoms with Crippen LogP contribution in [0, 0.1) is 0 Å². The number of benzene rings is 2. The molecule has 0 spiro atoms. The van der Waals surface area contributed by atoms with Crippen molar-refractivity contribution in [2.24, 2.45) is 0 Å². The first-order valence-corrected chi connectivity index (χ1v) is 9.07. The highest BCUT2D eigenvalue weighted by atomic mass is 16.5. The second kappa shape index (κ2) is 7.66. The molecule has 0 aliphatic carbocycles. The van der Waals surface area contributed by atoms with Crippen LogP contribution in [0.15, 0.2) is 41.2 Å². The number of nitrogen functional groups attached to an aromatic ring is 1. The number of nitrogens with two attached hydrogens (primary N) is 1. The SMILES string of the molecule is CCOc1cc(-c2cc(N)cc(C(=O)OC)c2)ccc1-c1nc2[nH]nnc2c(=O)[nH]1. The highest BCUT2D eigenvalue weighted by molar-refractivity contribution is 5.92. The maximum absolute atomic E-state index is 12.2. The molecule has 30 heavy (non-hydrogen) atoms. The van der Waals surface area contributed by atoms with Crippen LogP contribution in [0.25, 0.3) is 33.7 Å². The molecule has 10 heteroatoms. The fraction of sp³-hybridized carbons (Fsp3) is 0.150. The molecular weight excluding hydrogens is 388 g/mol. The zero-order valence-corrected chi connectivity index (χ0v) is 16.2. The molecule has 0 unspecified atom stereocenters. The molecule has 152 valence electrons. The van der Waals surface area contributed by atoms with Crippen molar-refractivity contribution < 1.29 is 14.3 Å². The number of nitrogens with zero attached hydrogens (tertiary/aromatic N) is 3. The first kappa shape index (κ1) is 19.1. The number of aromatic amines is 2. The maximum atomic E-state index is 12.2. The van der Waals surface area contributed by atoms with E-state index in [0.29, 0.717) is 35.0 Å². The summed E-state index contributed by atoms with van der Waals surface area (Å²) in [7, 11) is 1.31. The third-order valence-electron chi connectivity index (χ3n) is 4.45. The molecule has 0 atom stereocenters. The number of aromatic nitrogens is 5. The second-order valence-corrected chi connectivity index (χ2v) is 6.40. The minimum atomic E-state index is -0.478. The normalized spacial score (nSPS) is 10.9. The van der Waals surface area contributed by atoms with Gasteiger partial charge in [-0.05, 0) is 48.4 Å². The molecule has 4 N–H and O–H groups in total. The van der Waals surface area contributed by atoms with Crippen molar-refractivity contribution in [3.8, 4) is 28.3 Å². The number of esters is 1. The van der Waals surface area contributed by atoms with E-state index in [4.69, 9.17) is 15.2 Å². The Balaban J connectivity index is 1.83. The van der Waals surface area contributed by atoms with Crippen LogP contribution < -0.4 is 16.0 Å². The number of ether oxygens (including phenoxy) is 2. The Hall–Kier alpha value is -4.21. The fourth-order valence-corrected chi connectivity index (χ4v) is 3.11. The lowest BCUT2D eigenvalue weighted by Crippen LogP contribution is -2.10. The number of hydrogen-bond donors (Lipinski definition) is 3. The molecule has 0 fully saturated rings. The van der Waals surface area contributed by atoms with E-state index in [0.717, 1.165) is 11.1 Å². The van der Waals surface area contributed by atoms with Crippen LogP contribution in [-0.4, -0.2) is 45.1 Å². The Morgan fingerprint density at radius 1 is 1.17 bits per heavy atom. The molecule has 4 aromatic rings. The molecule has 0 amide bonds. The predicted molar refractivity (Wildman–Crippen MR) is 110 cm³/mol. The number of nitrogens with one attached hydrogen (secondary N) is 2. The van der Waals surface area contributed by atoms with Crippen molar-refractivity contribution in [3.05, 3.63) is 52.3 Å². The Morgan fingerprint density at radius 3 is 2.77 bits per heavy atom. The van der Waals surface area contributed by atoms with Gasteiger partial charge in [0.1, 0.15) is 11.6 Å². The van der Waals surface area contributed by atoms with Crippen molar-refractivity contribution in [2.45, 2.75) is 6.92 Å². The molecule has 0 saturated heterocycles. The Kier molecular flexibility index (Phi) is 4.88. The summed E-state index contributed by atoms with van der Waals surface area (Å²) in [6.07, 6.45) is 0. The quantitative estimate of drug-likeness (QED) is 0.337. The van der Waals surface area contributed by atoms with E-state index in [1.165, 1.54) is 7.11 Å². The van der Waals surface area contributed by atoms with E-state index >= 15 is 0 Å². The maximum Gasteiger partial charge on any atom is 0.337 e. The number of rotatable bonds is 5. The van der Waals surface area contributed by atoms with E-state index in [2.05, 4.69) is 25.4 Å². The van der Waals surface area contributed by atoms with Crippen molar-refractivity contribution >= 4 is 22.8 Å². The molecule has 4 rings (SSSR count). The van der Waals surface area contributed by atoms with E-state index in [-0.39, 0.29) is 11.2 Å². The first-order chi connectivity index (χ1) is 14.5. The Labute approximate surface area is 170 Å². The van der Waals surface area contributed by atoms with Gasteiger partial charge in [-0.25, -0.2) is 14.9 Å². The fourth-order valence-electron chi connectivity index (χ4n) is 3.11. The van der Waals surface area contributed by atoms with Crippen LogP contribution >= 0.6 is 0 Å². The molecule has 0 radical (unpaired) electrons. The van der Waals surface area contributed by atoms with Crippen LogP contribution in [-0.2, 0) is 4.74 Å². The molecule has 2 heterocycles. The van der Waals surface area contributed by atoms with Gasteiger partial charge in [0.25, 0.3) is 5.56 Å². The monoisotopic (exact) mass is 406 g/mol. The predicted octanol–water partition coefficient (Wildman–Crippen LogP) is 2.14. The van der Waals surface area contributed by atoms with Gasteiger partial charge in [0, 0.05) is 5.69 Å². The van der Waals surface area contributed by atoms with Crippen LogP contribution in [0.4, 0.5) is 5.69 Å². The Bertz CT molecular complexity index is 1310. The Morgan fingerprint density at radius 2 is 2.00 bits per heavy atom. The van der Waals surface area contributed by atoms with Gasteiger partial charge in [-0.2, -0.15) is 0 Å². The summed E-state index contributed by atoms with van der Waals surface area (Å²) in [6, 6.07) is 10.4. The van der Waals surface area contributed by atoms with Crippen molar-refractivity contribution in [2.75, 3.05) is 19.5 Å². The summed E-state index contributed by atoms with van der Waals surface area (Å²) < 4.78 is 10.6. The number of carbonyl (C=O) groups is 1. The molecule has 0 bridgehead atoms. The highest BCUT2D eigenvalue weighted by Gasteiger charge is 2.15. The summed E-state index contributed by atoms with van der Waals surface area (Å²) in [5.74, 6) is 0.344. The third-order valence-corrected chi connectivity index (χ3v) is 4.45. The van der Waals surface area contributed by atoms with Crippen LogP contribution in [0.1, 0.15) is 17.3 Å². The van der Waals surface area contributed by atoms with Gasteiger partial charge >= 0.3 is 5.97 Å². The summed E-state index contributed by atoms with van der Waals surface area (Å²) in [5, 5.41) is 9.92. The topological polar surface area (TPSA) is 149 Å². The standard InChI is InChI=1S/C20H18N6O4/c1-3-30-15-9-10(11-6-12(20(28)29-2)8-13(21)7-11)4-5-14(15)17-22-18-16(19(27)23-17)24-26-25-18/h4-9H,3,21H2,1-2H3,(H2,22,23,24,25,26,27). The highest BCUT2D eigenvalue weighted by Crippen LogP contribution is 2.34. The van der Waals surface area contributed by atoms with Crippen molar-refractivity contribution in [1.82, 2.24) is 25.4 Å². The van der Waals surface area contributed by atoms with Gasteiger partial charge in [-0.3, -0.25) is 4.79 Å². The van der Waals surface area contributed by atoms with E-state index in [1.807, 2.05) is 13.0 Å². The zero-order chi connectivity index (χ0) is 21.3. The third kappa shape index (κ3) is 3.46. The summed E-state index contributed by atoms with van der Waals surface area (Å²) in [6.45, 7) is 2.25. The van der Waals surface area contributed by atoms with E-state index in [9.17, 15) is 9.59 Å². The van der Waals surface area contributed by atoms with E-state index in [1.54, 1.807) is 30.3 Å². The van der Waals surface area contributed by atoms with E-state index < -0.39 is 11.5 Å². The van der Waals surface area contributed by atoms with Crippen molar-refractivity contribution in [3.63, 3.8) is 0 Å². The first-order valence-electron chi connectivity index (χ1n) is 9.07. The number of anilines is 1. The van der Waals surface area contributed by atoms with Gasteiger partial charge in [-0.15, -0.1) is 5.10 Å². The van der Waals surface area contributed by atoms with Crippen LogP contribution in [0.2, 0.25) is 0 Å². The summed E-state index contributed by atoms with van der Waals surface area (Å²) in [4.78, 5) is 31.2. The molecular formula is C20H18N6O4. The number of methoxy groups -OCH3 is 1. The smallest absolute Gasteiger partial charge is 0.337 e. The molecule has 10 nitrogen and oxygen atoms in total. The molecule has 0 aliphatic heterocycles. The van der Waals surface area contributed by atoms with Crippen LogP contribution in [0.5, 0.6) is 5.75 Å². The van der Waals surface area contributed by atoms with Crippen molar-refractivity contribution in [1.29, 1.82) is 0 Å². The average molecular weight is 406 g/mol. The van der Waals surface area contributed by atoms with Gasteiger partial charge < -0.3 is 20.2 Å². The second-order valence-electron chi connectivity index (χ2n) is 6.40.